The van der Waals surface area contributed by atoms with Crippen LogP contribution in [0.25, 0.3) is 11.3 Å². The van der Waals surface area contributed by atoms with E-state index in [1.165, 1.54) is 18.2 Å². The molecule has 2 N–H and O–H groups in total. The summed E-state index contributed by atoms with van der Waals surface area (Å²) >= 11 is 0. The molecule has 3 aromatic rings. The van der Waals surface area contributed by atoms with Crippen molar-refractivity contribution in [3.63, 3.8) is 0 Å². The average molecular weight is 385 g/mol. The summed E-state index contributed by atoms with van der Waals surface area (Å²) in [6, 6.07) is 7.37. The Morgan fingerprint density at radius 2 is 1.71 bits per heavy atom. The van der Waals surface area contributed by atoms with Gasteiger partial charge in [-0.2, -0.15) is 0 Å². The number of aromatic nitrogens is 3. The Hall–Kier alpha value is -2.60. The van der Waals surface area contributed by atoms with Crippen LogP contribution in [-0.2, 0) is 18.4 Å². The van der Waals surface area contributed by atoms with Crippen molar-refractivity contribution >= 4 is 0 Å². The van der Waals surface area contributed by atoms with Crippen molar-refractivity contribution in [3.8, 4) is 11.3 Å². The van der Waals surface area contributed by atoms with Crippen molar-refractivity contribution in [1.29, 1.82) is 0 Å². The fraction of sp³-hybridized carbons (Fsp3) is 0.364. The Bertz CT molecular complexity index is 957. The number of hydrogen-bond acceptors (Lipinski definition) is 3. The van der Waals surface area contributed by atoms with Crippen molar-refractivity contribution in [2.45, 2.75) is 46.1 Å². The molecule has 0 saturated heterocycles. The van der Waals surface area contributed by atoms with Crippen molar-refractivity contribution in [2.75, 3.05) is 0 Å². The summed E-state index contributed by atoms with van der Waals surface area (Å²) in [5, 5.41) is 10.9. The summed E-state index contributed by atoms with van der Waals surface area (Å²) in [5.41, 5.74) is 1.05. The second-order valence-corrected chi connectivity index (χ2v) is 8.62. The maximum atomic E-state index is 14.6. The van der Waals surface area contributed by atoms with Gasteiger partial charge in [-0.1, -0.05) is 26.8 Å². The fourth-order valence-corrected chi connectivity index (χ4v) is 3.19. The molecular formula is C22H25F2N3O. The van der Waals surface area contributed by atoms with Gasteiger partial charge >= 0.3 is 0 Å². The van der Waals surface area contributed by atoms with E-state index in [0.29, 0.717) is 17.1 Å². The van der Waals surface area contributed by atoms with Crippen LogP contribution in [0.1, 0.15) is 44.8 Å². The van der Waals surface area contributed by atoms with Crippen molar-refractivity contribution in [2.24, 2.45) is 5.41 Å². The highest BCUT2D eigenvalue weighted by Crippen LogP contribution is 2.28. The number of aliphatic hydroxyl groups is 1. The molecule has 3 rings (SSSR count). The van der Waals surface area contributed by atoms with Gasteiger partial charge in [0.25, 0.3) is 0 Å². The number of H-pyrrole nitrogens is 1. The molecular weight excluding hydrogens is 360 g/mol. The Morgan fingerprint density at radius 3 is 2.32 bits per heavy atom. The Balaban J connectivity index is 1.79. The Labute approximate surface area is 163 Å². The molecule has 0 aliphatic heterocycles. The maximum Gasteiger partial charge on any atom is 0.141 e. The van der Waals surface area contributed by atoms with Crippen LogP contribution in [0.4, 0.5) is 8.78 Å². The van der Waals surface area contributed by atoms with E-state index in [1.54, 1.807) is 25.3 Å². The van der Waals surface area contributed by atoms with Crippen LogP contribution in [0.2, 0.25) is 0 Å². The Morgan fingerprint density at radius 1 is 0.964 bits per heavy atom. The lowest BCUT2D eigenvalue weighted by atomic mass is 9.91. The number of nitrogens with one attached hydrogen (secondary N) is 1. The predicted octanol–water partition coefficient (Wildman–Crippen LogP) is 4.79. The van der Waals surface area contributed by atoms with Crippen LogP contribution in [0.3, 0.4) is 0 Å². The molecule has 0 aliphatic carbocycles. The molecule has 148 valence electrons. The quantitative estimate of drug-likeness (QED) is 0.664. The van der Waals surface area contributed by atoms with E-state index in [9.17, 15) is 13.9 Å². The minimum absolute atomic E-state index is 0.100. The third-order valence-corrected chi connectivity index (χ3v) is 4.44. The molecule has 28 heavy (non-hydrogen) atoms. The average Bonchev–Trinajstić information content (AvgIpc) is 3.03. The van der Waals surface area contributed by atoms with E-state index in [-0.39, 0.29) is 17.4 Å². The first kappa shape index (κ1) is 20.1. The van der Waals surface area contributed by atoms with Gasteiger partial charge in [0, 0.05) is 23.9 Å². The molecule has 0 amide bonds. The highest BCUT2D eigenvalue weighted by molar-refractivity contribution is 5.60. The van der Waals surface area contributed by atoms with E-state index in [0.717, 1.165) is 18.3 Å². The lowest BCUT2D eigenvalue weighted by Gasteiger charge is -2.22. The van der Waals surface area contributed by atoms with E-state index in [1.807, 2.05) is 0 Å². The highest BCUT2D eigenvalue weighted by atomic mass is 19.1. The fourth-order valence-electron chi connectivity index (χ4n) is 3.19. The molecule has 6 heteroatoms. The molecule has 0 bridgehead atoms. The minimum atomic E-state index is -1.27. The summed E-state index contributed by atoms with van der Waals surface area (Å²) in [6.07, 6.45) is 3.80. The number of benzene rings is 1. The smallest absolute Gasteiger partial charge is 0.141 e. The molecule has 0 aliphatic rings. The van der Waals surface area contributed by atoms with Gasteiger partial charge in [-0.3, -0.25) is 4.98 Å². The second kappa shape index (κ2) is 7.43. The van der Waals surface area contributed by atoms with Gasteiger partial charge in [0.1, 0.15) is 23.1 Å². The molecule has 1 unspecified atom stereocenters. The molecule has 1 aromatic carbocycles. The van der Waals surface area contributed by atoms with Gasteiger partial charge < -0.3 is 10.1 Å². The van der Waals surface area contributed by atoms with Crippen LogP contribution in [-0.4, -0.2) is 20.1 Å². The first-order valence-electron chi connectivity index (χ1n) is 9.21. The zero-order valence-electron chi connectivity index (χ0n) is 16.6. The number of hydrogen-bond donors (Lipinski definition) is 2. The number of pyridine rings is 1. The third-order valence-electron chi connectivity index (χ3n) is 4.44. The van der Waals surface area contributed by atoms with E-state index in [2.05, 4.69) is 35.7 Å². The molecule has 4 nitrogen and oxygen atoms in total. The van der Waals surface area contributed by atoms with Gasteiger partial charge in [-0.15, -0.1) is 0 Å². The molecule has 0 saturated carbocycles. The third kappa shape index (κ3) is 4.81. The van der Waals surface area contributed by atoms with Gasteiger partial charge in [-0.05, 0) is 48.6 Å². The summed E-state index contributed by atoms with van der Waals surface area (Å²) in [6.45, 7) is 8.05. The lowest BCUT2D eigenvalue weighted by molar-refractivity contribution is 0.0487. The zero-order chi connectivity index (χ0) is 20.5. The van der Waals surface area contributed by atoms with Gasteiger partial charge in [0.05, 0.1) is 11.9 Å². The summed E-state index contributed by atoms with van der Waals surface area (Å²) in [4.78, 5) is 11.4. The standard InChI is InChI=1S/C22H25F2N3O/c1-21(2,3)11-16-13-26-20(27-16)22(4,28)10-14-5-7-17(18(24)9-14)19-8-6-15(23)12-25-19/h5-9,12-13,28H,10-11H2,1-4H3,(H,26,27). The van der Waals surface area contributed by atoms with Crippen molar-refractivity contribution < 1.29 is 13.9 Å². The summed E-state index contributed by atoms with van der Waals surface area (Å²) in [5.74, 6) is -0.488. The van der Waals surface area contributed by atoms with E-state index < -0.39 is 17.2 Å². The maximum absolute atomic E-state index is 14.6. The van der Waals surface area contributed by atoms with Crippen LogP contribution in [0.5, 0.6) is 0 Å². The monoisotopic (exact) mass is 385 g/mol. The number of imidazole rings is 1. The SMILES string of the molecule is CC(C)(C)Cc1cnc(C(C)(O)Cc2ccc(-c3ccc(F)cn3)c(F)c2)[nH]1. The second-order valence-electron chi connectivity index (χ2n) is 8.62. The van der Waals surface area contributed by atoms with Crippen LogP contribution in [0, 0.1) is 17.0 Å². The summed E-state index contributed by atoms with van der Waals surface area (Å²) in [7, 11) is 0. The lowest BCUT2D eigenvalue weighted by Crippen LogP contribution is -2.26. The summed E-state index contributed by atoms with van der Waals surface area (Å²) < 4.78 is 27.6. The molecule has 1 atom stereocenters. The van der Waals surface area contributed by atoms with E-state index in [4.69, 9.17) is 0 Å². The topological polar surface area (TPSA) is 61.8 Å². The zero-order valence-corrected chi connectivity index (χ0v) is 16.6. The molecule has 0 spiro atoms. The van der Waals surface area contributed by atoms with Crippen LogP contribution in [0.15, 0.2) is 42.7 Å². The van der Waals surface area contributed by atoms with Crippen molar-refractivity contribution in [3.05, 3.63) is 71.4 Å². The van der Waals surface area contributed by atoms with Gasteiger partial charge in [-0.25, -0.2) is 13.8 Å². The first-order valence-corrected chi connectivity index (χ1v) is 9.21. The molecule has 2 aromatic heterocycles. The molecule has 0 fully saturated rings. The first-order chi connectivity index (χ1) is 13.0. The largest absolute Gasteiger partial charge is 0.382 e. The van der Waals surface area contributed by atoms with Gasteiger partial charge in [0.2, 0.25) is 0 Å². The number of aromatic amines is 1. The number of halogens is 2. The predicted molar refractivity (Wildman–Crippen MR) is 105 cm³/mol. The van der Waals surface area contributed by atoms with Crippen LogP contribution < -0.4 is 0 Å². The van der Waals surface area contributed by atoms with E-state index >= 15 is 0 Å². The van der Waals surface area contributed by atoms with Crippen LogP contribution >= 0.6 is 0 Å². The number of nitrogens with zero attached hydrogens (tertiary/aromatic N) is 2. The minimum Gasteiger partial charge on any atom is -0.382 e. The number of rotatable bonds is 5. The van der Waals surface area contributed by atoms with Crippen molar-refractivity contribution in [1.82, 2.24) is 15.0 Å². The normalized spacial score (nSPS) is 14.1. The Kier molecular flexibility index (Phi) is 5.35. The van der Waals surface area contributed by atoms with Gasteiger partial charge in [0.15, 0.2) is 0 Å². The molecule has 0 radical (unpaired) electrons. The highest BCUT2D eigenvalue weighted by Gasteiger charge is 2.28. The molecule has 2 heterocycles.